The Morgan fingerprint density at radius 1 is 1.26 bits per heavy atom. The van der Waals surface area contributed by atoms with Crippen LogP contribution in [0.15, 0.2) is 30.5 Å². The van der Waals surface area contributed by atoms with Crippen LogP contribution in [0, 0.1) is 0 Å². The average Bonchev–Trinajstić information content (AvgIpc) is 3.04. The van der Waals surface area contributed by atoms with E-state index in [2.05, 4.69) is 16.4 Å². The highest BCUT2D eigenvalue weighted by Gasteiger charge is 2.40. The van der Waals surface area contributed by atoms with E-state index >= 15 is 0 Å². The number of para-hydroxylation sites is 1. The van der Waals surface area contributed by atoms with E-state index in [-0.39, 0.29) is 0 Å². The summed E-state index contributed by atoms with van der Waals surface area (Å²) >= 11 is 0. The maximum Gasteiger partial charge on any atom is 0.0781 e. The topological polar surface area (TPSA) is 60.2 Å². The number of rotatable bonds is 2. The van der Waals surface area contributed by atoms with E-state index in [1.165, 1.54) is 6.42 Å². The number of hydrogen-bond acceptors (Lipinski definition) is 4. The highest BCUT2D eigenvalue weighted by atomic mass is 16.5. The molecule has 4 heteroatoms. The van der Waals surface area contributed by atoms with Crippen LogP contribution in [-0.2, 0) is 4.74 Å². The third-order valence-corrected chi connectivity index (χ3v) is 4.24. The molecule has 2 aliphatic rings. The molecule has 0 aliphatic carbocycles. The number of fused-ring (bicyclic) bond motifs is 3. The van der Waals surface area contributed by atoms with Gasteiger partial charge in [0.2, 0.25) is 0 Å². The van der Waals surface area contributed by atoms with Gasteiger partial charge in [-0.1, -0.05) is 18.2 Å². The van der Waals surface area contributed by atoms with Crippen LogP contribution in [0.25, 0.3) is 10.9 Å². The molecule has 2 fully saturated rings. The van der Waals surface area contributed by atoms with Crippen LogP contribution in [0.1, 0.15) is 19.3 Å². The Bertz CT molecular complexity index is 628. The highest BCUT2D eigenvalue weighted by molar-refractivity contribution is 5.97. The Balaban J connectivity index is 1.72. The molecule has 1 aromatic heterocycles. The number of ether oxygens (including phenoxy) is 1. The van der Waals surface area contributed by atoms with Crippen molar-refractivity contribution in [2.45, 2.75) is 37.5 Å². The van der Waals surface area contributed by atoms with Gasteiger partial charge in [0.15, 0.2) is 0 Å². The monoisotopic (exact) mass is 255 g/mol. The molecule has 4 nitrogen and oxygen atoms in total. The average molecular weight is 255 g/mol. The SMILES string of the molecule is Nc1cnc2ccccc2c1NC1CC2CCC1O2. The minimum Gasteiger partial charge on any atom is -0.396 e. The molecule has 19 heavy (non-hydrogen) atoms. The van der Waals surface area contributed by atoms with Gasteiger partial charge < -0.3 is 15.8 Å². The van der Waals surface area contributed by atoms with Crippen molar-refractivity contribution in [3.05, 3.63) is 30.5 Å². The van der Waals surface area contributed by atoms with Gasteiger partial charge in [0.05, 0.1) is 41.3 Å². The van der Waals surface area contributed by atoms with Crippen LogP contribution in [0.2, 0.25) is 0 Å². The largest absolute Gasteiger partial charge is 0.396 e. The van der Waals surface area contributed by atoms with Gasteiger partial charge >= 0.3 is 0 Å². The van der Waals surface area contributed by atoms with E-state index in [9.17, 15) is 0 Å². The molecule has 3 unspecified atom stereocenters. The van der Waals surface area contributed by atoms with Crippen LogP contribution in [0.5, 0.6) is 0 Å². The van der Waals surface area contributed by atoms with Gasteiger partial charge in [-0.2, -0.15) is 0 Å². The number of aromatic nitrogens is 1. The minimum atomic E-state index is 0.344. The summed E-state index contributed by atoms with van der Waals surface area (Å²) in [4.78, 5) is 4.37. The number of nitrogens with one attached hydrogen (secondary N) is 1. The van der Waals surface area contributed by atoms with Crippen LogP contribution in [0.3, 0.4) is 0 Å². The summed E-state index contributed by atoms with van der Waals surface area (Å²) in [5.41, 5.74) is 8.79. The third kappa shape index (κ3) is 1.75. The first-order valence-corrected chi connectivity index (χ1v) is 6.86. The number of hydrogen-bond donors (Lipinski definition) is 2. The second-order valence-electron chi connectivity index (χ2n) is 5.47. The molecular weight excluding hydrogens is 238 g/mol. The molecule has 2 aliphatic heterocycles. The molecule has 98 valence electrons. The van der Waals surface area contributed by atoms with Crippen molar-refractivity contribution in [1.29, 1.82) is 0 Å². The maximum absolute atomic E-state index is 6.10. The molecule has 3 N–H and O–H groups in total. The predicted octanol–water partition coefficient (Wildman–Crippen LogP) is 2.55. The second-order valence-corrected chi connectivity index (χ2v) is 5.47. The fourth-order valence-corrected chi connectivity index (χ4v) is 3.29. The zero-order chi connectivity index (χ0) is 12.8. The van der Waals surface area contributed by atoms with Crippen LogP contribution >= 0.6 is 0 Å². The zero-order valence-corrected chi connectivity index (χ0v) is 10.7. The first-order chi connectivity index (χ1) is 9.31. The van der Waals surface area contributed by atoms with Gasteiger partial charge in [0.25, 0.3) is 0 Å². The van der Waals surface area contributed by atoms with Crippen molar-refractivity contribution in [3.8, 4) is 0 Å². The van der Waals surface area contributed by atoms with E-state index in [4.69, 9.17) is 10.5 Å². The number of anilines is 2. The number of pyridine rings is 1. The molecule has 0 radical (unpaired) electrons. The summed E-state index contributed by atoms with van der Waals surface area (Å²) in [7, 11) is 0. The molecule has 0 saturated carbocycles. The summed E-state index contributed by atoms with van der Waals surface area (Å²) < 4.78 is 5.89. The summed E-state index contributed by atoms with van der Waals surface area (Å²) in [5.74, 6) is 0. The van der Waals surface area contributed by atoms with E-state index in [0.29, 0.717) is 23.9 Å². The van der Waals surface area contributed by atoms with Crippen molar-refractivity contribution in [1.82, 2.24) is 4.98 Å². The van der Waals surface area contributed by atoms with Gasteiger partial charge in [-0.15, -0.1) is 0 Å². The van der Waals surface area contributed by atoms with Gasteiger partial charge in [-0.25, -0.2) is 0 Å². The minimum absolute atomic E-state index is 0.344. The quantitative estimate of drug-likeness (QED) is 0.865. The molecular formula is C15H17N3O. The number of nitrogen functional groups attached to an aromatic ring is 1. The first-order valence-electron chi connectivity index (χ1n) is 6.86. The molecule has 2 bridgehead atoms. The van der Waals surface area contributed by atoms with E-state index in [0.717, 1.165) is 29.4 Å². The lowest BCUT2D eigenvalue weighted by Gasteiger charge is -2.23. The van der Waals surface area contributed by atoms with Gasteiger partial charge in [-0.05, 0) is 25.3 Å². The Morgan fingerprint density at radius 3 is 2.95 bits per heavy atom. The lowest BCUT2D eigenvalue weighted by Crippen LogP contribution is -2.30. The molecule has 3 atom stereocenters. The molecule has 3 heterocycles. The van der Waals surface area contributed by atoms with Crippen molar-refractivity contribution in [3.63, 3.8) is 0 Å². The fourth-order valence-electron chi connectivity index (χ4n) is 3.29. The Kier molecular flexibility index (Phi) is 2.38. The second kappa shape index (κ2) is 4.10. The number of nitrogens with zero attached hydrogens (tertiary/aromatic N) is 1. The smallest absolute Gasteiger partial charge is 0.0781 e. The lowest BCUT2D eigenvalue weighted by molar-refractivity contribution is 0.102. The molecule has 2 aromatic rings. The van der Waals surface area contributed by atoms with Crippen molar-refractivity contribution >= 4 is 22.3 Å². The van der Waals surface area contributed by atoms with Crippen molar-refractivity contribution < 1.29 is 4.74 Å². The molecule has 4 rings (SSSR count). The van der Waals surface area contributed by atoms with E-state index in [1.54, 1.807) is 6.20 Å². The summed E-state index contributed by atoms with van der Waals surface area (Å²) in [5, 5.41) is 4.68. The Hall–Kier alpha value is -1.81. The zero-order valence-electron chi connectivity index (χ0n) is 10.7. The van der Waals surface area contributed by atoms with Crippen LogP contribution < -0.4 is 11.1 Å². The van der Waals surface area contributed by atoms with Gasteiger partial charge in [-0.3, -0.25) is 4.98 Å². The third-order valence-electron chi connectivity index (χ3n) is 4.24. The van der Waals surface area contributed by atoms with Crippen LogP contribution in [0.4, 0.5) is 11.4 Å². The van der Waals surface area contributed by atoms with Crippen LogP contribution in [-0.4, -0.2) is 23.2 Å². The number of nitrogens with two attached hydrogens (primary N) is 1. The first kappa shape index (κ1) is 11.1. The van der Waals surface area contributed by atoms with Gasteiger partial charge in [0.1, 0.15) is 0 Å². The normalized spacial score (nSPS) is 28.9. The Labute approximate surface area is 112 Å². The van der Waals surface area contributed by atoms with Gasteiger partial charge in [0, 0.05) is 5.39 Å². The number of benzene rings is 1. The molecule has 2 saturated heterocycles. The van der Waals surface area contributed by atoms with Crippen molar-refractivity contribution in [2.24, 2.45) is 0 Å². The molecule has 0 spiro atoms. The molecule has 1 aromatic carbocycles. The summed E-state index contributed by atoms with van der Waals surface area (Å²) in [6, 6.07) is 8.47. The predicted molar refractivity (Wildman–Crippen MR) is 76.1 cm³/mol. The Morgan fingerprint density at radius 2 is 2.16 bits per heavy atom. The summed E-state index contributed by atoms with van der Waals surface area (Å²) in [6.45, 7) is 0. The lowest BCUT2D eigenvalue weighted by atomic mass is 9.95. The maximum atomic E-state index is 6.10. The van der Waals surface area contributed by atoms with E-state index in [1.807, 2.05) is 18.2 Å². The molecule has 0 amide bonds. The van der Waals surface area contributed by atoms with Crippen molar-refractivity contribution in [2.75, 3.05) is 11.1 Å². The highest BCUT2D eigenvalue weighted by Crippen LogP contribution is 2.38. The standard InChI is InChI=1S/C15H17N3O/c16-11-8-17-12-4-2-1-3-10(12)15(11)18-13-7-9-5-6-14(13)19-9/h1-4,8-9,13-14H,5-7,16H2,(H,17,18). The van der Waals surface area contributed by atoms with E-state index < -0.39 is 0 Å². The fraction of sp³-hybridized carbons (Fsp3) is 0.400. The summed E-state index contributed by atoms with van der Waals surface area (Å²) in [6.07, 6.45) is 5.97.